The standard InChI is InChI=1S/C12H13FO3/c13-8-4-6-9(7-5-8)16-11-3-1-2-10(11)12(14)15/h4-7,10-11H,1-3H2,(H,14,15). The van der Waals surface area contributed by atoms with E-state index in [1.807, 2.05) is 0 Å². The number of rotatable bonds is 3. The van der Waals surface area contributed by atoms with Gasteiger partial charge >= 0.3 is 5.97 Å². The third-order valence-corrected chi connectivity index (χ3v) is 2.87. The van der Waals surface area contributed by atoms with Crippen molar-refractivity contribution in [1.82, 2.24) is 0 Å². The monoisotopic (exact) mass is 224 g/mol. The van der Waals surface area contributed by atoms with Crippen LogP contribution in [-0.2, 0) is 4.79 Å². The first kappa shape index (κ1) is 10.9. The average molecular weight is 224 g/mol. The molecule has 0 bridgehead atoms. The third kappa shape index (κ3) is 2.32. The van der Waals surface area contributed by atoms with Crippen LogP contribution in [0, 0.1) is 11.7 Å². The van der Waals surface area contributed by atoms with Crippen molar-refractivity contribution in [3.05, 3.63) is 30.1 Å². The molecular weight excluding hydrogens is 211 g/mol. The van der Waals surface area contributed by atoms with Gasteiger partial charge in [0.05, 0.1) is 5.92 Å². The minimum Gasteiger partial charge on any atom is -0.490 e. The summed E-state index contributed by atoms with van der Waals surface area (Å²) in [6, 6.07) is 5.65. The molecule has 4 heteroatoms. The fourth-order valence-corrected chi connectivity index (χ4v) is 2.04. The molecule has 1 fully saturated rings. The van der Waals surface area contributed by atoms with Crippen LogP contribution in [0.3, 0.4) is 0 Å². The van der Waals surface area contributed by atoms with Gasteiger partial charge in [0.1, 0.15) is 17.7 Å². The number of carboxylic acid groups (broad SMARTS) is 1. The normalized spacial score (nSPS) is 24.3. The molecule has 16 heavy (non-hydrogen) atoms. The zero-order valence-corrected chi connectivity index (χ0v) is 8.73. The Labute approximate surface area is 92.9 Å². The van der Waals surface area contributed by atoms with Crippen LogP contribution < -0.4 is 4.74 Å². The van der Waals surface area contributed by atoms with Gasteiger partial charge in [0.25, 0.3) is 0 Å². The molecule has 2 rings (SSSR count). The molecule has 0 spiro atoms. The summed E-state index contributed by atoms with van der Waals surface area (Å²) in [7, 11) is 0. The van der Waals surface area contributed by atoms with Gasteiger partial charge in [0.15, 0.2) is 0 Å². The van der Waals surface area contributed by atoms with E-state index >= 15 is 0 Å². The topological polar surface area (TPSA) is 46.5 Å². The number of hydrogen-bond donors (Lipinski definition) is 1. The van der Waals surface area contributed by atoms with Crippen LogP contribution in [-0.4, -0.2) is 17.2 Å². The van der Waals surface area contributed by atoms with Crippen molar-refractivity contribution in [2.45, 2.75) is 25.4 Å². The Morgan fingerprint density at radius 2 is 2.00 bits per heavy atom. The SMILES string of the molecule is O=C(O)C1CCCC1Oc1ccc(F)cc1. The predicted octanol–water partition coefficient (Wildman–Crippen LogP) is 2.46. The molecule has 0 aliphatic heterocycles. The first-order valence-electron chi connectivity index (χ1n) is 5.32. The molecule has 2 atom stereocenters. The highest BCUT2D eigenvalue weighted by atomic mass is 19.1. The highest BCUT2D eigenvalue weighted by Crippen LogP contribution is 2.29. The lowest BCUT2D eigenvalue weighted by molar-refractivity contribution is -0.144. The van der Waals surface area contributed by atoms with E-state index in [4.69, 9.17) is 9.84 Å². The van der Waals surface area contributed by atoms with E-state index in [1.165, 1.54) is 24.3 Å². The lowest BCUT2D eigenvalue weighted by Crippen LogP contribution is -2.27. The first-order chi connectivity index (χ1) is 7.66. The minimum atomic E-state index is -0.815. The molecule has 1 aliphatic rings. The molecule has 1 aliphatic carbocycles. The molecule has 3 nitrogen and oxygen atoms in total. The van der Waals surface area contributed by atoms with Crippen LogP contribution in [0.1, 0.15) is 19.3 Å². The summed E-state index contributed by atoms with van der Waals surface area (Å²) in [5, 5.41) is 8.97. The second kappa shape index (κ2) is 4.51. The Balaban J connectivity index is 2.03. The molecule has 1 saturated carbocycles. The average Bonchev–Trinajstić information content (AvgIpc) is 2.69. The largest absolute Gasteiger partial charge is 0.490 e. The fraction of sp³-hybridized carbons (Fsp3) is 0.417. The number of benzene rings is 1. The quantitative estimate of drug-likeness (QED) is 0.857. The molecular formula is C12H13FO3. The van der Waals surface area contributed by atoms with Crippen molar-refractivity contribution in [2.24, 2.45) is 5.92 Å². The molecule has 86 valence electrons. The van der Waals surface area contributed by atoms with Crippen molar-refractivity contribution in [2.75, 3.05) is 0 Å². The molecule has 0 aromatic heterocycles. The van der Waals surface area contributed by atoms with Gasteiger partial charge in [-0.3, -0.25) is 4.79 Å². The van der Waals surface area contributed by atoms with Gasteiger partial charge < -0.3 is 9.84 Å². The highest BCUT2D eigenvalue weighted by molar-refractivity contribution is 5.71. The highest BCUT2D eigenvalue weighted by Gasteiger charge is 2.34. The van der Waals surface area contributed by atoms with Crippen LogP contribution >= 0.6 is 0 Å². The lowest BCUT2D eigenvalue weighted by atomic mass is 10.1. The number of carbonyl (C=O) groups is 1. The van der Waals surface area contributed by atoms with Crippen LogP contribution in [0.2, 0.25) is 0 Å². The Morgan fingerprint density at radius 3 is 2.62 bits per heavy atom. The van der Waals surface area contributed by atoms with Gasteiger partial charge in [-0.1, -0.05) is 0 Å². The minimum absolute atomic E-state index is 0.289. The number of halogens is 1. The summed E-state index contributed by atoms with van der Waals surface area (Å²) in [5.74, 6) is -1.05. The van der Waals surface area contributed by atoms with Crippen LogP contribution in [0.15, 0.2) is 24.3 Å². The Morgan fingerprint density at radius 1 is 1.31 bits per heavy atom. The van der Waals surface area contributed by atoms with Gasteiger partial charge in [-0.2, -0.15) is 0 Å². The maximum Gasteiger partial charge on any atom is 0.310 e. The van der Waals surface area contributed by atoms with E-state index in [2.05, 4.69) is 0 Å². The van der Waals surface area contributed by atoms with Crippen molar-refractivity contribution in [1.29, 1.82) is 0 Å². The van der Waals surface area contributed by atoms with Crippen molar-refractivity contribution in [3.63, 3.8) is 0 Å². The lowest BCUT2D eigenvalue weighted by Gasteiger charge is -2.17. The first-order valence-corrected chi connectivity index (χ1v) is 5.32. The molecule has 1 aromatic carbocycles. The fourth-order valence-electron chi connectivity index (χ4n) is 2.04. The van der Waals surface area contributed by atoms with E-state index in [0.717, 1.165) is 12.8 Å². The smallest absolute Gasteiger partial charge is 0.310 e. The second-order valence-electron chi connectivity index (χ2n) is 3.99. The molecule has 0 radical (unpaired) electrons. The van der Waals surface area contributed by atoms with Gasteiger partial charge in [0, 0.05) is 0 Å². The summed E-state index contributed by atoms with van der Waals surface area (Å²) >= 11 is 0. The van der Waals surface area contributed by atoms with E-state index in [0.29, 0.717) is 12.2 Å². The maximum absolute atomic E-state index is 12.7. The summed E-state index contributed by atoms with van der Waals surface area (Å²) in [6.45, 7) is 0. The van der Waals surface area contributed by atoms with Crippen molar-refractivity contribution < 1.29 is 19.0 Å². The maximum atomic E-state index is 12.7. The summed E-state index contributed by atoms with van der Waals surface area (Å²) < 4.78 is 18.2. The Hall–Kier alpha value is -1.58. The van der Waals surface area contributed by atoms with E-state index < -0.39 is 11.9 Å². The number of carboxylic acids is 1. The van der Waals surface area contributed by atoms with E-state index in [1.54, 1.807) is 0 Å². The molecule has 1 aromatic rings. The number of aliphatic carboxylic acids is 1. The van der Waals surface area contributed by atoms with Gasteiger partial charge in [-0.15, -0.1) is 0 Å². The molecule has 0 amide bonds. The van der Waals surface area contributed by atoms with E-state index in [9.17, 15) is 9.18 Å². The summed E-state index contributed by atoms with van der Waals surface area (Å²) in [6.07, 6.45) is 1.97. The Kier molecular flexibility index (Phi) is 3.08. The summed E-state index contributed by atoms with van der Waals surface area (Å²) in [5.41, 5.74) is 0. The summed E-state index contributed by atoms with van der Waals surface area (Å²) in [4.78, 5) is 10.9. The second-order valence-corrected chi connectivity index (χ2v) is 3.99. The predicted molar refractivity (Wildman–Crippen MR) is 55.8 cm³/mol. The molecule has 0 heterocycles. The number of ether oxygens (including phenoxy) is 1. The van der Waals surface area contributed by atoms with Crippen LogP contribution in [0.4, 0.5) is 4.39 Å². The van der Waals surface area contributed by atoms with Crippen LogP contribution in [0.5, 0.6) is 5.75 Å². The molecule has 1 N–H and O–H groups in total. The van der Waals surface area contributed by atoms with E-state index in [-0.39, 0.29) is 11.9 Å². The zero-order valence-electron chi connectivity index (χ0n) is 8.73. The molecule has 2 unspecified atom stereocenters. The van der Waals surface area contributed by atoms with Gasteiger partial charge in [-0.05, 0) is 43.5 Å². The third-order valence-electron chi connectivity index (χ3n) is 2.87. The Bertz CT molecular complexity index is 374. The molecule has 0 saturated heterocycles. The zero-order chi connectivity index (χ0) is 11.5. The number of hydrogen-bond acceptors (Lipinski definition) is 2. The van der Waals surface area contributed by atoms with Gasteiger partial charge in [0.2, 0.25) is 0 Å². The van der Waals surface area contributed by atoms with Crippen molar-refractivity contribution in [3.8, 4) is 5.75 Å². The van der Waals surface area contributed by atoms with Crippen molar-refractivity contribution >= 4 is 5.97 Å². The van der Waals surface area contributed by atoms with Crippen LogP contribution in [0.25, 0.3) is 0 Å². The van der Waals surface area contributed by atoms with Gasteiger partial charge in [-0.25, -0.2) is 4.39 Å².